The van der Waals surface area contributed by atoms with Gasteiger partial charge in [0.15, 0.2) is 0 Å². The molecule has 1 saturated heterocycles. The molecular weight excluding hydrogens is 402 g/mol. The minimum absolute atomic E-state index is 0.227. The van der Waals surface area contributed by atoms with Crippen molar-refractivity contribution in [2.75, 3.05) is 6.54 Å². The number of alkyl halides is 6. The first kappa shape index (κ1) is 21.4. The number of carbonyl (C=O) groups is 1. The standard InChI is InChI=1S/C19H18F6N2O2/c1-10(28)27-8-3-2-7-14(27)17(29)12-9-15(19(23,24)25)26-16-11(12)5-4-6-13(16)18(20,21)22/h4-6,9,14,17,29H,2-3,7-8H2,1H3. The molecule has 4 nitrogen and oxygen atoms in total. The third-order valence-electron chi connectivity index (χ3n) is 5.10. The number of pyridine rings is 1. The summed E-state index contributed by atoms with van der Waals surface area (Å²) in [6.45, 7) is 1.60. The van der Waals surface area contributed by atoms with Gasteiger partial charge in [-0.2, -0.15) is 26.3 Å². The number of hydrogen-bond donors (Lipinski definition) is 1. The van der Waals surface area contributed by atoms with E-state index in [1.54, 1.807) is 0 Å². The van der Waals surface area contributed by atoms with Crippen LogP contribution in [0.3, 0.4) is 0 Å². The summed E-state index contributed by atoms with van der Waals surface area (Å²) < 4.78 is 80.1. The number of piperidine rings is 1. The van der Waals surface area contributed by atoms with Gasteiger partial charge in [0.05, 0.1) is 17.1 Å². The van der Waals surface area contributed by atoms with Crippen molar-refractivity contribution in [1.29, 1.82) is 0 Å². The van der Waals surface area contributed by atoms with E-state index in [-0.39, 0.29) is 16.9 Å². The van der Waals surface area contributed by atoms with E-state index in [9.17, 15) is 36.2 Å². The van der Waals surface area contributed by atoms with Crippen molar-refractivity contribution >= 4 is 16.8 Å². The van der Waals surface area contributed by atoms with Gasteiger partial charge in [0.25, 0.3) is 0 Å². The Morgan fingerprint density at radius 1 is 1.17 bits per heavy atom. The third kappa shape index (κ3) is 4.17. The molecule has 0 bridgehead atoms. The number of aromatic nitrogens is 1. The summed E-state index contributed by atoms with van der Waals surface area (Å²) in [6.07, 6.45) is -9.89. The van der Waals surface area contributed by atoms with Crippen molar-refractivity contribution in [3.63, 3.8) is 0 Å². The van der Waals surface area contributed by atoms with Crippen LogP contribution in [0.5, 0.6) is 0 Å². The van der Waals surface area contributed by atoms with Gasteiger partial charge in [0, 0.05) is 18.9 Å². The second kappa shape index (κ2) is 7.47. The predicted octanol–water partition coefficient (Wildman–Crippen LogP) is 4.71. The molecule has 1 aromatic carbocycles. The fourth-order valence-electron chi connectivity index (χ4n) is 3.78. The number of benzene rings is 1. The molecule has 29 heavy (non-hydrogen) atoms. The summed E-state index contributed by atoms with van der Waals surface area (Å²) in [6, 6.07) is 2.63. The third-order valence-corrected chi connectivity index (χ3v) is 5.10. The molecule has 2 heterocycles. The second-order valence-corrected chi connectivity index (χ2v) is 7.01. The van der Waals surface area contributed by atoms with Gasteiger partial charge in [-0.25, -0.2) is 4.98 Å². The topological polar surface area (TPSA) is 53.4 Å². The minimum Gasteiger partial charge on any atom is -0.386 e. The number of likely N-dealkylation sites (tertiary alicyclic amines) is 1. The molecule has 1 N–H and O–H groups in total. The van der Waals surface area contributed by atoms with Crippen LogP contribution in [0.2, 0.25) is 0 Å². The Balaban J connectivity index is 2.24. The Hall–Kier alpha value is -2.36. The number of amides is 1. The molecule has 1 aliphatic rings. The highest BCUT2D eigenvalue weighted by atomic mass is 19.4. The van der Waals surface area contributed by atoms with E-state index in [4.69, 9.17) is 0 Å². The fourth-order valence-corrected chi connectivity index (χ4v) is 3.78. The van der Waals surface area contributed by atoms with Crippen molar-refractivity contribution in [3.8, 4) is 0 Å². The molecule has 2 unspecified atom stereocenters. The highest BCUT2D eigenvalue weighted by Gasteiger charge is 2.39. The number of nitrogens with zero attached hydrogens (tertiary/aromatic N) is 2. The lowest BCUT2D eigenvalue weighted by molar-refractivity contribution is -0.142. The fraction of sp³-hybridized carbons (Fsp3) is 0.474. The number of rotatable bonds is 2. The number of para-hydroxylation sites is 1. The van der Waals surface area contributed by atoms with Gasteiger partial charge in [-0.15, -0.1) is 0 Å². The largest absolute Gasteiger partial charge is 0.433 e. The summed E-state index contributed by atoms with van der Waals surface area (Å²) in [5.74, 6) is -0.362. The van der Waals surface area contributed by atoms with E-state index in [1.165, 1.54) is 17.9 Å². The number of hydrogen-bond acceptors (Lipinski definition) is 3. The Morgan fingerprint density at radius 3 is 2.45 bits per heavy atom. The first-order valence-electron chi connectivity index (χ1n) is 8.94. The molecule has 158 valence electrons. The molecule has 0 saturated carbocycles. The van der Waals surface area contributed by atoms with Crippen LogP contribution in [0.25, 0.3) is 10.9 Å². The maximum absolute atomic E-state index is 13.4. The number of aliphatic hydroxyl groups excluding tert-OH is 1. The molecule has 1 amide bonds. The monoisotopic (exact) mass is 420 g/mol. The molecule has 2 atom stereocenters. The van der Waals surface area contributed by atoms with Crippen LogP contribution in [-0.2, 0) is 17.1 Å². The van der Waals surface area contributed by atoms with Gasteiger partial charge in [0.1, 0.15) is 11.8 Å². The van der Waals surface area contributed by atoms with Crippen molar-refractivity contribution in [1.82, 2.24) is 9.88 Å². The average Bonchev–Trinajstić information content (AvgIpc) is 2.64. The van der Waals surface area contributed by atoms with Crippen LogP contribution in [-0.4, -0.2) is 33.5 Å². The summed E-state index contributed by atoms with van der Waals surface area (Å²) in [7, 11) is 0. The van der Waals surface area contributed by atoms with E-state index in [2.05, 4.69) is 4.98 Å². The predicted molar refractivity (Wildman–Crippen MR) is 91.7 cm³/mol. The summed E-state index contributed by atoms with van der Waals surface area (Å²) in [4.78, 5) is 16.5. The normalized spacial score (nSPS) is 19.4. The average molecular weight is 420 g/mol. The van der Waals surface area contributed by atoms with Crippen molar-refractivity contribution in [2.24, 2.45) is 0 Å². The van der Waals surface area contributed by atoms with Gasteiger partial charge < -0.3 is 10.0 Å². The smallest absolute Gasteiger partial charge is 0.386 e. The molecule has 10 heteroatoms. The second-order valence-electron chi connectivity index (χ2n) is 7.01. The van der Waals surface area contributed by atoms with Crippen LogP contribution < -0.4 is 0 Å². The van der Waals surface area contributed by atoms with Crippen LogP contribution in [0.4, 0.5) is 26.3 Å². The maximum atomic E-state index is 13.4. The molecule has 1 fully saturated rings. The van der Waals surface area contributed by atoms with Crippen LogP contribution in [0.1, 0.15) is 49.1 Å². The van der Waals surface area contributed by atoms with Crippen LogP contribution >= 0.6 is 0 Å². The van der Waals surface area contributed by atoms with Gasteiger partial charge >= 0.3 is 12.4 Å². The van der Waals surface area contributed by atoms with E-state index in [1.807, 2.05) is 0 Å². The summed E-state index contributed by atoms with van der Waals surface area (Å²) in [5, 5.41) is 10.6. The Morgan fingerprint density at radius 2 is 1.86 bits per heavy atom. The minimum atomic E-state index is -5.01. The van der Waals surface area contributed by atoms with Gasteiger partial charge in [-0.1, -0.05) is 12.1 Å². The molecular formula is C19H18F6N2O2. The first-order valence-corrected chi connectivity index (χ1v) is 8.94. The van der Waals surface area contributed by atoms with Crippen molar-refractivity contribution < 1.29 is 36.2 Å². The zero-order chi connectivity index (χ0) is 21.6. The molecule has 2 aromatic rings. The zero-order valence-corrected chi connectivity index (χ0v) is 15.3. The Kier molecular flexibility index (Phi) is 5.50. The number of aliphatic hydroxyl groups is 1. The highest BCUT2D eigenvalue weighted by Crippen LogP contribution is 2.40. The van der Waals surface area contributed by atoms with Crippen molar-refractivity contribution in [2.45, 2.75) is 50.7 Å². The SMILES string of the molecule is CC(=O)N1CCCCC1C(O)c1cc(C(F)(F)F)nc2c(C(F)(F)F)cccc12. The van der Waals surface area contributed by atoms with Crippen LogP contribution in [0, 0.1) is 0 Å². The van der Waals surface area contributed by atoms with Gasteiger partial charge in [-0.3, -0.25) is 4.79 Å². The molecule has 1 aliphatic heterocycles. The molecule has 3 rings (SSSR count). The van der Waals surface area contributed by atoms with E-state index < -0.39 is 41.3 Å². The lowest BCUT2D eigenvalue weighted by Crippen LogP contribution is -2.45. The number of fused-ring (bicyclic) bond motifs is 1. The quantitative estimate of drug-likeness (QED) is 0.717. The summed E-state index contributed by atoms with van der Waals surface area (Å²) in [5.41, 5.74) is -4.05. The summed E-state index contributed by atoms with van der Waals surface area (Å²) >= 11 is 0. The van der Waals surface area contributed by atoms with Gasteiger partial charge in [-0.05, 0) is 37.0 Å². The Labute approximate surface area is 162 Å². The van der Waals surface area contributed by atoms with E-state index >= 15 is 0 Å². The van der Waals surface area contributed by atoms with Crippen molar-refractivity contribution in [3.05, 3.63) is 41.1 Å². The van der Waals surface area contributed by atoms with Crippen LogP contribution in [0.15, 0.2) is 24.3 Å². The van der Waals surface area contributed by atoms with E-state index in [0.29, 0.717) is 37.9 Å². The first-order chi connectivity index (χ1) is 13.4. The van der Waals surface area contributed by atoms with Gasteiger partial charge in [0.2, 0.25) is 5.91 Å². The van der Waals surface area contributed by atoms with E-state index in [0.717, 1.165) is 6.07 Å². The highest BCUT2D eigenvalue weighted by molar-refractivity contribution is 5.86. The maximum Gasteiger partial charge on any atom is 0.433 e. The molecule has 0 spiro atoms. The lowest BCUT2D eigenvalue weighted by Gasteiger charge is -2.38. The number of halogens is 6. The Bertz CT molecular complexity index is 925. The zero-order valence-electron chi connectivity index (χ0n) is 15.3. The molecule has 1 aromatic heterocycles. The molecule has 0 aliphatic carbocycles. The molecule has 0 radical (unpaired) electrons. The lowest BCUT2D eigenvalue weighted by atomic mass is 9.90. The number of carbonyl (C=O) groups excluding carboxylic acids is 1.